The summed E-state index contributed by atoms with van der Waals surface area (Å²) in [5.41, 5.74) is -0.669. The molecule has 0 saturated heterocycles. The van der Waals surface area contributed by atoms with E-state index in [0.717, 1.165) is 16.0 Å². The lowest BCUT2D eigenvalue weighted by Crippen LogP contribution is -2.51. The molecule has 1 aromatic rings. The van der Waals surface area contributed by atoms with Gasteiger partial charge in [-0.3, -0.25) is 4.79 Å². The fourth-order valence-corrected chi connectivity index (χ4v) is 3.74. The minimum Gasteiger partial charge on any atom is -0.468 e. The Morgan fingerprint density at radius 2 is 2.35 bits per heavy atom. The molecule has 0 bridgehead atoms. The van der Waals surface area contributed by atoms with Crippen LogP contribution in [0, 0.1) is 0 Å². The molecular formula is C14H21BrN2O2S. The van der Waals surface area contributed by atoms with Gasteiger partial charge in [0.05, 0.1) is 7.11 Å². The number of likely N-dealkylation sites (N-methyl/N-ethyl adjacent to an activating group) is 1. The van der Waals surface area contributed by atoms with Crippen LogP contribution in [0.3, 0.4) is 0 Å². The van der Waals surface area contributed by atoms with E-state index < -0.39 is 5.54 Å². The standard InChI is InChI=1S/C14H21BrN2O2S/c1-5-17-14(3,13(18)19-4)9-10(2)20-12-11(15)7-6-8-16-12/h6-8,10,17H,5,9H2,1-4H3. The molecule has 0 aliphatic rings. The van der Waals surface area contributed by atoms with Gasteiger partial charge in [-0.15, -0.1) is 11.8 Å². The number of hydrogen-bond donors (Lipinski definition) is 1. The predicted molar refractivity (Wildman–Crippen MR) is 86.0 cm³/mol. The lowest BCUT2D eigenvalue weighted by atomic mass is 9.96. The third-order valence-corrected chi connectivity index (χ3v) is 4.96. The summed E-state index contributed by atoms with van der Waals surface area (Å²) in [6.07, 6.45) is 2.44. The van der Waals surface area contributed by atoms with Crippen LogP contribution in [0.2, 0.25) is 0 Å². The molecule has 1 aromatic heterocycles. The van der Waals surface area contributed by atoms with E-state index in [1.807, 2.05) is 26.0 Å². The average Bonchev–Trinajstić information content (AvgIpc) is 2.40. The summed E-state index contributed by atoms with van der Waals surface area (Å²) in [5.74, 6) is -0.230. The summed E-state index contributed by atoms with van der Waals surface area (Å²) in [6, 6.07) is 3.85. The van der Waals surface area contributed by atoms with Crippen LogP contribution >= 0.6 is 27.7 Å². The summed E-state index contributed by atoms with van der Waals surface area (Å²) in [6.45, 7) is 6.67. The van der Waals surface area contributed by atoms with Gasteiger partial charge in [0, 0.05) is 15.9 Å². The van der Waals surface area contributed by atoms with E-state index in [9.17, 15) is 4.79 Å². The number of methoxy groups -OCH3 is 1. The van der Waals surface area contributed by atoms with Crippen LogP contribution in [0.15, 0.2) is 27.8 Å². The van der Waals surface area contributed by atoms with Crippen LogP contribution in [-0.4, -0.2) is 35.4 Å². The van der Waals surface area contributed by atoms with Gasteiger partial charge in [0.2, 0.25) is 0 Å². The molecule has 0 aliphatic carbocycles. The van der Waals surface area contributed by atoms with Crippen molar-refractivity contribution in [3.05, 3.63) is 22.8 Å². The first-order valence-electron chi connectivity index (χ1n) is 6.53. The minimum atomic E-state index is -0.669. The Balaban J connectivity index is 2.74. The van der Waals surface area contributed by atoms with E-state index in [2.05, 4.69) is 33.2 Å². The van der Waals surface area contributed by atoms with E-state index >= 15 is 0 Å². The van der Waals surface area contributed by atoms with Crippen LogP contribution < -0.4 is 5.32 Å². The molecule has 6 heteroatoms. The number of ether oxygens (including phenoxy) is 1. The van der Waals surface area contributed by atoms with Crippen molar-refractivity contribution in [3.8, 4) is 0 Å². The molecule has 0 fully saturated rings. The first-order chi connectivity index (χ1) is 9.42. The van der Waals surface area contributed by atoms with Gasteiger partial charge in [0.1, 0.15) is 10.6 Å². The van der Waals surface area contributed by atoms with Crippen LogP contribution in [0.4, 0.5) is 0 Å². The SMILES string of the molecule is CCNC(C)(CC(C)Sc1ncccc1Br)C(=O)OC. The largest absolute Gasteiger partial charge is 0.468 e. The highest BCUT2D eigenvalue weighted by atomic mass is 79.9. The summed E-state index contributed by atoms with van der Waals surface area (Å²) < 4.78 is 5.88. The Kier molecular flexibility index (Phi) is 6.99. The highest BCUT2D eigenvalue weighted by Crippen LogP contribution is 2.32. The van der Waals surface area contributed by atoms with Crippen LogP contribution in [-0.2, 0) is 9.53 Å². The monoisotopic (exact) mass is 360 g/mol. The number of thioether (sulfide) groups is 1. The van der Waals surface area contributed by atoms with Gasteiger partial charge in [-0.1, -0.05) is 13.8 Å². The highest BCUT2D eigenvalue weighted by Gasteiger charge is 2.35. The van der Waals surface area contributed by atoms with E-state index in [-0.39, 0.29) is 11.2 Å². The van der Waals surface area contributed by atoms with Gasteiger partial charge < -0.3 is 10.1 Å². The van der Waals surface area contributed by atoms with Crippen LogP contribution in [0.1, 0.15) is 27.2 Å². The molecule has 20 heavy (non-hydrogen) atoms. The Hall–Kier alpha value is -0.590. The van der Waals surface area contributed by atoms with Gasteiger partial charge in [-0.25, -0.2) is 4.98 Å². The fourth-order valence-electron chi connectivity index (χ4n) is 2.11. The normalized spacial score (nSPS) is 15.4. The molecule has 0 amide bonds. The van der Waals surface area contributed by atoms with Crippen molar-refractivity contribution in [1.29, 1.82) is 0 Å². The number of carbonyl (C=O) groups excluding carboxylic acids is 1. The number of nitrogens with one attached hydrogen (secondary N) is 1. The summed E-state index contributed by atoms with van der Waals surface area (Å²) in [4.78, 5) is 16.3. The zero-order valence-electron chi connectivity index (χ0n) is 12.3. The Morgan fingerprint density at radius 1 is 1.65 bits per heavy atom. The highest BCUT2D eigenvalue weighted by molar-refractivity contribution is 9.10. The second-order valence-corrected chi connectivity index (χ2v) is 7.06. The molecule has 1 heterocycles. The number of nitrogens with zero attached hydrogens (tertiary/aromatic N) is 1. The second kappa shape index (κ2) is 8.00. The number of aromatic nitrogens is 1. The maximum absolute atomic E-state index is 12.0. The van der Waals surface area contributed by atoms with Crippen LogP contribution in [0.5, 0.6) is 0 Å². The first kappa shape index (κ1) is 17.5. The van der Waals surface area contributed by atoms with Crippen LogP contribution in [0.25, 0.3) is 0 Å². The molecule has 0 aliphatic heterocycles. The maximum Gasteiger partial charge on any atom is 0.325 e. The molecule has 1 N–H and O–H groups in total. The quantitative estimate of drug-likeness (QED) is 0.597. The van der Waals surface area contributed by atoms with Gasteiger partial charge in [0.15, 0.2) is 0 Å². The van der Waals surface area contributed by atoms with Gasteiger partial charge in [-0.05, 0) is 48.0 Å². The number of esters is 1. The molecular weight excluding hydrogens is 340 g/mol. The van der Waals surface area contributed by atoms with E-state index in [1.165, 1.54) is 7.11 Å². The number of hydrogen-bond acceptors (Lipinski definition) is 5. The van der Waals surface area contributed by atoms with Gasteiger partial charge in [-0.2, -0.15) is 0 Å². The van der Waals surface area contributed by atoms with Crippen molar-refractivity contribution in [1.82, 2.24) is 10.3 Å². The first-order valence-corrected chi connectivity index (χ1v) is 8.20. The molecule has 2 atom stereocenters. The molecule has 1 rings (SSSR count). The van der Waals surface area contributed by atoms with E-state index in [4.69, 9.17) is 4.74 Å². The van der Waals surface area contributed by atoms with Gasteiger partial charge >= 0.3 is 5.97 Å². The molecule has 0 spiro atoms. The number of rotatable bonds is 7. The lowest BCUT2D eigenvalue weighted by Gasteiger charge is -2.30. The number of halogens is 1. The Morgan fingerprint density at radius 3 is 2.90 bits per heavy atom. The van der Waals surface area contributed by atoms with Crippen molar-refractivity contribution in [2.24, 2.45) is 0 Å². The lowest BCUT2D eigenvalue weighted by molar-refractivity contribution is -0.148. The molecule has 2 unspecified atom stereocenters. The van der Waals surface area contributed by atoms with E-state index in [0.29, 0.717) is 6.42 Å². The smallest absolute Gasteiger partial charge is 0.325 e. The van der Waals surface area contributed by atoms with Crippen molar-refractivity contribution in [2.45, 2.75) is 43.0 Å². The third kappa shape index (κ3) is 4.75. The van der Waals surface area contributed by atoms with E-state index in [1.54, 1.807) is 18.0 Å². The Labute approximate surface area is 133 Å². The molecule has 0 aromatic carbocycles. The third-order valence-electron chi connectivity index (χ3n) is 2.94. The van der Waals surface area contributed by atoms with Crippen molar-refractivity contribution < 1.29 is 9.53 Å². The minimum absolute atomic E-state index is 0.226. The molecule has 112 valence electrons. The second-order valence-electron chi connectivity index (χ2n) is 4.78. The maximum atomic E-state index is 12.0. The fraction of sp³-hybridized carbons (Fsp3) is 0.571. The summed E-state index contributed by atoms with van der Waals surface area (Å²) >= 11 is 5.13. The zero-order chi connectivity index (χ0) is 15.2. The Bertz CT molecular complexity index is 459. The molecule has 0 saturated carbocycles. The molecule has 4 nitrogen and oxygen atoms in total. The molecule has 0 radical (unpaired) electrons. The zero-order valence-corrected chi connectivity index (χ0v) is 14.7. The predicted octanol–water partition coefficient (Wildman–Crippen LogP) is 3.26. The van der Waals surface area contributed by atoms with Gasteiger partial charge in [0.25, 0.3) is 0 Å². The van der Waals surface area contributed by atoms with Crippen molar-refractivity contribution >= 4 is 33.7 Å². The topological polar surface area (TPSA) is 51.2 Å². The average molecular weight is 361 g/mol. The van der Waals surface area contributed by atoms with Crippen molar-refractivity contribution in [2.75, 3.05) is 13.7 Å². The van der Waals surface area contributed by atoms with Crippen molar-refractivity contribution in [3.63, 3.8) is 0 Å². The summed E-state index contributed by atoms with van der Waals surface area (Å²) in [5, 5.41) is 4.38. The summed E-state index contributed by atoms with van der Waals surface area (Å²) in [7, 11) is 1.42. The number of pyridine rings is 1. The number of carbonyl (C=O) groups is 1.